The third-order valence-electron chi connectivity index (χ3n) is 1.98. The van der Waals surface area contributed by atoms with E-state index in [1.807, 2.05) is 6.07 Å². The fourth-order valence-electron chi connectivity index (χ4n) is 1.25. The second-order valence-corrected chi connectivity index (χ2v) is 3.71. The normalized spacial score (nSPS) is 10.2. The quantitative estimate of drug-likeness (QED) is 0.828. The topological polar surface area (TPSA) is 47.9 Å². The van der Waals surface area contributed by atoms with Crippen LogP contribution >= 0.6 is 23.2 Å². The van der Waals surface area contributed by atoms with E-state index in [0.717, 1.165) is 5.56 Å². The summed E-state index contributed by atoms with van der Waals surface area (Å²) in [5.74, 6) is 0.610. The molecule has 0 fully saturated rings. The summed E-state index contributed by atoms with van der Waals surface area (Å²) in [7, 11) is 1.56. The van der Waals surface area contributed by atoms with E-state index < -0.39 is 0 Å². The molecule has 0 aliphatic rings. The minimum absolute atomic E-state index is 0.101. The molecule has 0 unspecified atom stereocenters. The molecule has 0 bridgehead atoms. The molecule has 4 nitrogen and oxygen atoms in total. The Bertz CT molecular complexity index is 519. The van der Waals surface area contributed by atoms with Crippen molar-refractivity contribution in [1.82, 2.24) is 15.2 Å². The third-order valence-corrected chi connectivity index (χ3v) is 2.44. The van der Waals surface area contributed by atoms with E-state index in [0.29, 0.717) is 16.5 Å². The number of benzene rings is 1. The zero-order valence-corrected chi connectivity index (χ0v) is 9.83. The molecule has 1 aromatic heterocycles. The maximum atomic E-state index is 6.00. The Morgan fingerprint density at radius 3 is 2.69 bits per heavy atom. The van der Waals surface area contributed by atoms with E-state index >= 15 is 0 Å². The zero-order valence-electron chi connectivity index (χ0n) is 8.32. The summed E-state index contributed by atoms with van der Waals surface area (Å²) in [6, 6.07) is 5.32. The molecule has 0 amide bonds. The van der Waals surface area contributed by atoms with Crippen molar-refractivity contribution in [2.24, 2.45) is 0 Å². The fraction of sp³-hybridized carbons (Fsp3) is 0.100. The number of halogens is 2. The molecule has 0 N–H and O–H groups in total. The molecule has 16 heavy (non-hydrogen) atoms. The first-order valence-electron chi connectivity index (χ1n) is 4.40. The van der Waals surface area contributed by atoms with Gasteiger partial charge in [-0.25, -0.2) is 4.98 Å². The van der Waals surface area contributed by atoms with Crippen LogP contribution < -0.4 is 4.74 Å². The number of aromatic nitrogens is 3. The van der Waals surface area contributed by atoms with Crippen molar-refractivity contribution in [3.05, 3.63) is 34.7 Å². The van der Waals surface area contributed by atoms with Crippen LogP contribution in [0.1, 0.15) is 0 Å². The van der Waals surface area contributed by atoms with Crippen LogP contribution in [0.4, 0.5) is 0 Å². The zero-order chi connectivity index (χ0) is 11.5. The Labute approximate surface area is 102 Å². The SMILES string of the molecule is COc1ccc(-c2cnnc(Cl)n2)cc1Cl. The predicted molar refractivity (Wildman–Crippen MR) is 61.8 cm³/mol. The van der Waals surface area contributed by atoms with Gasteiger partial charge in [0.05, 0.1) is 24.0 Å². The van der Waals surface area contributed by atoms with Gasteiger partial charge < -0.3 is 4.74 Å². The van der Waals surface area contributed by atoms with E-state index in [2.05, 4.69) is 15.2 Å². The number of hydrogen-bond donors (Lipinski definition) is 0. The lowest BCUT2D eigenvalue weighted by Gasteiger charge is -2.05. The Hall–Kier alpha value is -1.39. The lowest BCUT2D eigenvalue weighted by molar-refractivity contribution is 0.415. The highest BCUT2D eigenvalue weighted by molar-refractivity contribution is 6.32. The first-order chi connectivity index (χ1) is 7.70. The number of methoxy groups -OCH3 is 1. The molecule has 0 saturated heterocycles. The highest BCUT2D eigenvalue weighted by atomic mass is 35.5. The lowest BCUT2D eigenvalue weighted by Crippen LogP contribution is -1.91. The van der Waals surface area contributed by atoms with Crippen LogP contribution in [0.25, 0.3) is 11.3 Å². The minimum atomic E-state index is 0.101. The summed E-state index contributed by atoms with van der Waals surface area (Å²) in [6.45, 7) is 0. The van der Waals surface area contributed by atoms with Crippen molar-refractivity contribution in [1.29, 1.82) is 0 Å². The van der Waals surface area contributed by atoms with Gasteiger partial charge in [-0.1, -0.05) is 11.6 Å². The van der Waals surface area contributed by atoms with Gasteiger partial charge in [0.25, 0.3) is 0 Å². The van der Waals surface area contributed by atoms with Crippen molar-refractivity contribution >= 4 is 23.2 Å². The Morgan fingerprint density at radius 2 is 2.06 bits per heavy atom. The van der Waals surface area contributed by atoms with Crippen molar-refractivity contribution in [2.75, 3.05) is 7.11 Å². The lowest BCUT2D eigenvalue weighted by atomic mass is 10.1. The molecule has 82 valence electrons. The van der Waals surface area contributed by atoms with Crippen LogP contribution in [0, 0.1) is 0 Å². The smallest absolute Gasteiger partial charge is 0.243 e. The number of ether oxygens (including phenoxy) is 1. The van der Waals surface area contributed by atoms with Gasteiger partial charge >= 0.3 is 0 Å². The van der Waals surface area contributed by atoms with Gasteiger partial charge in [0.1, 0.15) is 5.75 Å². The van der Waals surface area contributed by atoms with E-state index in [1.165, 1.54) is 6.20 Å². The second-order valence-electron chi connectivity index (χ2n) is 2.96. The summed E-state index contributed by atoms with van der Waals surface area (Å²) in [5, 5.41) is 7.89. The summed E-state index contributed by atoms with van der Waals surface area (Å²) >= 11 is 11.6. The molecular weight excluding hydrogens is 249 g/mol. The molecular formula is C10H7Cl2N3O. The standard InChI is InChI=1S/C10H7Cl2N3O/c1-16-9-3-2-6(4-7(9)11)8-5-13-15-10(12)14-8/h2-5H,1H3. The van der Waals surface area contributed by atoms with E-state index in [9.17, 15) is 0 Å². The van der Waals surface area contributed by atoms with Gasteiger partial charge in [-0.2, -0.15) is 5.10 Å². The highest BCUT2D eigenvalue weighted by Gasteiger charge is 2.06. The van der Waals surface area contributed by atoms with Crippen molar-refractivity contribution in [2.45, 2.75) is 0 Å². The van der Waals surface area contributed by atoms with Gasteiger partial charge in [0, 0.05) is 5.56 Å². The fourth-order valence-corrected chi connectivity index (χ4v) is 1.64. The van der Waals surface area contributed by atoms with Gasteiger partial charge in [0.2, 0.25) is 5.28 Å². The van der Waals surface area contributed by atoms with E-state index in [-0.39, 0.29) is 5.28 Å². The third kappa shape index (κ3) is 2.23. The molecule has 0 spiro atoms. The summed E-state index contributed by atoms with van der Waals surface area (Å²) in [5.41, 5.74) is 1.42. The summed E-state index contributed by atoms with van der Waals surface area (Å²) < 4.78 is 5.05. The molecule has 0 aliphatic carbocycles. The van der Waals surface area contributed by atoms with Crippen molar-refractivity contribution in [3.63, 3.8) is 0 Å². The summed E-state index contributed by atoms with van der Waals surface area (Å²) in [4.78, 5) is 4.03. The van der Waals surface area contributed by atoms with Crippen molar-refractivity contribution < 1.29 is 4.74 Å². The van der Waals surface area contributed by atoms with Crippen LogP contribution in [-0.4, -0.2) is 22.3 Å². The predicted octanol–water partition coefficient (Wildman–Crippen LogP) is 2.85. The Balaban J connectivity index is 2.45. The number of rotatable bonds is 2. The maximum Gasteiger partial charge on any atom is 0.243 e. The van der Waals surface area contributed by atoms with Crippen LogP contribution in [0.15, 0.2) is 24.4 Å². The van der Waals surface area contributed by atoms with Crippen molar-refractivity contribution in [3.8, 4) is 17.0 Å². The van der Waals surface area contributed by atoms with Gasteiger partial charge in [-0.15, -0.1) is 5.10 Å². The molecule has 6 heteroatoms. The van der Waals surface area contributed by atoms with E-state index in [4.69, 9.17) is 27.9 Å². The first-order valence-corrected chi connectivity index (χ1v) is 5.15. The minimum Gasteiger partial charge on any atom is -0.495 e. The monoisotopic (exact) mass is 255 g/mol. The average Bonchev–Trinajstić information content (AvgIpc) is 2.29. The van der Waals surface area contributed by atoms with Gasteiger partial charge in [0.15, 0.2) is 0 Å². The highest BCUT2D eigenvalue weighted by Crippen LogP contribution is 2.29. The molecule has 0 radical (unpaired) electrons. The maximum absolute atomic E-state index is 6.00. The van der Waals surface area contributed by atoms with Crippen LogP contribution in [-0.2, 0) is 0 Å². The molecule has 1 aromatic carbocycles. The first kappa shape index (κ1) is 11.1. The molecule has 0 aliphatic heterocycles. The largest absolute Gasteiger partial charge is 0.495 e. The summed E-state index contributed by atoms with van der Waals surface area (Å²) in [6.07, 6.45) is 1.52. The number of hydrogen-bond acceptors (Lipinski definition) is 4. The van der Waals surface area contributed by atoms with Gasteiger partial charge in [-0.05, 0) is 29.8 Å². The van der Waals surface area contributed by atoms with Gasteiger partial charge in [-0.3, -0.25) is 0 Å². The Morgan fingerprint density at radius 1 is 1.25 bits per heavy atom. The molecule has 2 aromatic rings. The van der Waals surface area contributed by atoms with Crippen LogP contribution in [0.3, 0.4) is 0 Å². The molecule has 0 saturated carbocycles. The molecule has 2 rings (SSSR count). The second kappa shape index (κ2) is 4.63. The van der Waals surface area contributed by atoms with Crippen LogP contribution in [0.5, 0.6) is 5.75 Å². The Kier molecular flexibility index (Phi) is 3.22. The molecule has 0 atom stereocenters. The average molecular weight is 256 g/mol. The van der Waals surface area contributed by atoms with E-state index in [1.54, 1.807) is 19.2 Å². The van der Waals surface area contributed by atoms with Crippen LogP contribution in [0.2, 0.25) is 10.3 Å². The molecule has 1 heterocycles. The number of nitrogens with zero attached hydrogens (tertiary/aromatic N) is 3.